The van der Waals surface area contributed by atoms with Crippen molar-refractivity contribution < 1.29 is 4.79 Å². The number of nitrogens with zero attached hydrogens (tertiary/aromatic N) is 3. The summed E-state index contributed by atoms with van der Waals surface area (Å²) < 4.78 is 2.26. The molecule has 5 heteroatoms. The van der Waals surface area contributed by atoms with E-state index in [0.717, 1.165) is 50.7 Å². The van der Waals surface area contributed by atoms with E-state index in [9.17, 15) is 4.79 Å². The largest absolute Gasteiger partial charge is 0.340 e. The molecular formula is C21H23N3OS. The predicted molar refractivity (Wildman–Crippen MR) is 104 cm³/mol. The lowest BCUT2D eigenvalue weighted by Gasteiger charge is -2.31. The Balaban J connectivity index is 1.41. The lowest BCUT2D eigenvalue weighted by atomic mass is 9.83. The van der Waals surface area contributed by atoms with Crippen LogP contribution in [0.5, 0.6) is 0 Å². The zero-order valence-electron chi connectivity index (χ0n) is 14.8. The SMILES string of the molecule is O=C(N1CCC(n2cnc3ccccc32)C1)C1(c2cccs2)CCCC1. The predicted octanol–water partition coefficient (Wildman–Crippen LogP) is 4.38. The molecule has 0 bridgehead atoms. The quantitative estimate of drug-likeness (QED) is 0.691. The molecule has 2 aliphatic rings. The van der Waals surface area contributed by atoms with Crippen molar-refractivity contribution >= 4 is 28.3 Å². The Hall–Kier alpha value is -2.14. The van der Waals surface area contributed by atoms with Crippen molar-refractivity contribution in [1.82, 2.24) is 14.5 Å². The number of hydrogen-bond donors (Lipinski definition) is 0. The summed E-state index contributed by atoms with van der Waals surface area (Å²) in [6, 6.07) is 12.8. The Kier molecular flexibility index (Phi) is 3.85. The smallest absolute Gasteiger partial charge is 0.234 e. The minimum atomic E-state index is -0.264. The van der Waals surface area contributed by atoms with E-state index in [4.69, 9.17) is 0 Å². The highest BCUT2D eigenvalue weighted by atomic mass is 32.1. The molecule has 5 rings (SSSR count). The number of aromatic nitrogens is 2. The maximum Gasteiger partial charge on any atom is 0.234 e. The molecule has 1 saturated carbocycles. The third-order valence-corrected chi connectivity index (χ3v) is 7.26. The number of carbonyl (C=O) groups excluding carboxylic acids is 1. The van der Waals surface area contributed by atoms with Crippen molar-refractivity contribution in [2.45, 2.75) is 43.6 Å². The average molecular weight is 366 g/mol. The van der Waals surface area contributed by atoms with Crippen LogP contribution in [0.4, 0.5) is 0 Å². The molecule has 1 aliphatic heterocycles. The van der Waals surface area contributed by atoms with Crippen LogP contribution in [0.15, 0.2) is 48.1 Å². The fraction of sp³-hybridized carbons (Fsp3) is 0.429. The van der Waals surface area contributed by atoms with Crippen molar-refractivity contribution in [2.75, 3.05) is 13.1 Å². The molecule has 2 fully saturated rings. The fourth-order valence-electron chi connectivity index (χ4n) is 4.82. The zero-order valence-corrected chi connectivity index (χ0v) is 15.6. The van der Waals surface area contributed by atoms with Gasteiger partial charge in [0, 0.05) is 18.0 Å². The molecule has 1 saturated heterocycles. The van der Waals surface area contributed by atoms with Crippen molar-refractivity contribution in [3.05, 3.63) is 53.0 Å². The first-order valence-electron chi connectivity index (χ1n) is 9.53. The van der Waals surface area contributed by atoms with Crippen LogP contribution in [0.3, 0.4) is 0 Å². The van der Waals surface area contributed by atoms with E-state index in [2.05, 4.69) is 44.1 Å². The van der Waals surface area contributed by atoms with Gasteiger partial charge in [0.15, 0.2) is 0 Å². The third kappa shape index (κ3) is 2.41. The first-order chi connectivity index (χ1) is 12.8. The van der Waals surface area contributed by atoms with E-state index in [1.165, 1.54) is 10.4 Å². The van der Waals surface area contributed by atoms with Gasteiger partial charge in [0.25, 0.3) is 0 Å². The van der Waals surface area contributed by atoms with E-state index < -0.39 is 0 Å². The van der Waals surface area contributed by atoms with Gasteiger partial charge in [-0.3, -0.25) is 4.79 Å². The highest BCUT2D eigenvalue weighted by molar-refractivity contribution is 7.10. The molecule has 1 amide bonds. The molecule has 3 aromatic rings. The molecule has 134 valence electrons. The van der Waals surface area contributed by atoms with Crippen LogP contribution in [0.2, 0.25) is 0 Å². The maximum absolute atomic E-state index is 13.6. The van der Waals surface area contributed by atoms with E-state index in [0.29, 0.717) is 11.9 Å². The second kappa shape index (κ2) is 6.23. The molecule has 1 unspecified atom stereocenters. The maximum atomic E-state index is 13.6. The van der Waals surface area contributed by atoms with Gasteiger partial charge in [0.05, 0.1) is 28.8 Å². The number of amides is 1. The number of hydrogen-bond acceptors (Lipinski definition) is 3. The van der Waals surface area contributed by atoms with Gasteiger partial charge in [-0.25, -0.2) is 4.98 Å². The molecule has 1 aromatic carbocycles. The van der Waals surface area contributed by atoms with Gasteiger partial charge < -0.3 is 9.47 Å². The van der Waals surface area contributed by atoms with Crippen LogP contribution in [0.25, 0.3) is 11.0 Å². The zero-order chi connectivity index (χ0) is 17.6. The summed E-state index contributed by atoms with van der Waals surface area (Å²) in [6.07, 6.45) is 7.27. The van der Waals surface area contributed by atoms with Gasteiger partial charge in [-0.05, 0) is 42.8 Å². The van der Waals surface area contributed by atoms with Gasteiger partial charge in [-0.2, -0.15) is 0 Å². The number of thiophene rings is 1. The summed E-state index contributed by atoms with van der Waals surface area (Å²) in [7, 11) is 0. The van der Waals surface area contributed by atoms with Crippen LogP contribution >= 0.6 is 11.3 Å². The Bertz CT molecular complexity index is 924. The number of rotatable bonds is 3. The van der Waals surface area contributed by atoms with Gasteiger partial charge in [-0.15, -0.1) is 11.3 Å². The monoisotopic (exact) mass is 365 g/mol. The van der Waals surface area contributed by atoms with Crippen LogP contribution in [0, 0.1) is 0 Å². The van der Waals surface area contributed by atoms with E-state index in [1.54, 1.807) is 11.3 Å². The van der Waals surface area contributed by atoms with Crippen LogP contribution in [-0.2, 0) is 10.2 Å². The summed E-state index contributed by atoms with van der Waals surface area (Å²) in [5, 5.41) is 2.10. The second-order valence-corrected chi connectivity index (χ2v) is 8.55. The van der Waals surface area contributed by atoms with E-state index in [-0.39, 0.29) is 5.41 Å². The number of para-hydroxylation sites is 2. The Morgan fingerprint density at radius 2 is 2.00 bits per heavy atom. The van der Waals surface area contributed by atoms with Crippen LogP contribution in [-0.4, -0.2) is 33.4 Å². The fourth-order valence-corrected chi connectivity index (χ4v) is 5.80. The number of benzene rings is 1. The van der Waals surface area contributed by atoms with Gasteiger partial charge >= 0.3 is 0 Å². The van der Waals surface area contributed by atoms with Gasteiger partial charge in [0.1, 0.15) is 0 Å². The third-order valence-electron chi connectivity index (χ3n) is 6.18. The molecule has 4 nitrogen and oxygen atoms in total. The van der Waals surface area contributed by atoms with Crippen molar-refractivity contribution in [2.24, 2.45) is 0 Å². The number of imidazole rings is 1. The van der Waals surface area contributed by atoms with Crippen molar-refractivity contribution in [1.29, 1.82) is 0 Å². The van der Waals surface area contributed by atoms with Gasteiger partial charge in [0.2, 0.25) is 5.91 Å². The molecule has 26 heavy (non-hydrogen) atoms. The van der Waals surface area contributed by atoms with Crippen molar-refractivity contribution in [3.63, 3.8) is 0 Å². The first kappa shape index (κ1) is 16.1. The summed E-state index contributed by atoms with van der Waals surface area (Å²) >= 11 is 1.74. The highest BCUT2D eigenvalue weighted by Gasteiger charge is 2.47. The Morgan fingerprint density at radius 3 is 2.81 bits per heavy atom. The number of fused-ring (bicyclic) bond motifs is 1. The average Bonchev–Trinajstić information content (AvgIpc) is 3.47. The van der Waals surface area contributed by atoms with Crippen LogP contribution < -0.4 is 0 Å². The number of likely N-dealkylation sites (tertiary alicyclic amines) is 1. The van der Waals surface area contributed by atoms with Gasteiger partial charge in [-0.1, -0.05) is 31.0 Å². The van der Waals surface area contributed by atoms with E-state index >= 15 is 0 Å². The number of carbonyl (C=O) groups is 1. The second-order valence-electron chi connectivity index (χ2n) is 7.60. The molecule has 1 aliphatic carbocycles. The Labute approximate surface area is 157 Å². The summed E-state index contributed by atoms with van der Waals surface area (Å²) in [5.74, 6) is 0.351. The summed E-state index contributed by atoms with van der Waals surface area (Å²) in [5.41, 5.74) is 1.93. The van der Waals surface area contributed by atoms with Crippen LogP contribution in [0.1, 0.15) is 43.0 Å². The molecule has 0 N–H and O–H groups in total. The van der Waals surface area contributed by atoms with E-state index in [1.807, 2.05) is 18.5 Å². The lowest BCUT2D eigenvalue weighted by molar-refractivity contribution is -0.136. The molecular weight excluding hydrogens is 342 g/mol. The normalized spacial score (nSPS) is 22.3. The molecule has 1 atom stereocenters. The lowest BCUT2D eigenvalue weighted by Crippen LogP contribution is -2.44. The molecule has 2 aromatic heterocycles. The Morgan fingerprint density at radius 1 is 1.15 bits per heavy atom. The highest BCUT2D eigenvalue weighted by Crippen LogP contribution is 2.45. The molecule has 0 radical (unpaired) electrons. The standard InChI is InChI=1S/C21H23N3OS/c25-20(21(10-3-4-11-21)19-8-5-13-26-19)23-12-9-16(14-23)24-15-22-17-6-1-2-7-18(17)24/h1-2,5-8,13,15-16H,3-4,9-12,14H2. The minimum absolute atomic E-state index is 0.264. The summed E-state index contributed by atoms with van der Waals surface area (Å²) in [4.78, 5) is 21.5. The molecule has 0 spiro atoms. The molecule has 3 heterocycles. The first-order valence-corrected chi connectivity index (χ1v) is 10.4. The topological polar surface area (TPSA) is 38.1 Å². The summed E-state index contributed by atoms with van der Waals surface area (Å²) in [6.45, 7) is 1.65. The minimum Gasteiger partial charge on any atom is -0.340 e. The van der Waals surface area contributed by atoms with Crippen molar-refractivity contribution in [3.8, 4) is 0 Å².